The largest absolute Gasteiger partial charge is 0.378 e. The van der Waals surface area contributed by atoms with Crippen LogP contribution in [-0.4, -0.2) is 29.0 Å². The van der Waals surface area contributed by atoms with Crippen LogP contribution in [0, 0.1) is 5.82 Å². The Bertz CT molecular complexity index is 876. The summed E-state index contributed by atoms with van der Waals surface area (Å²) in [6, 6.07) is 12.5. The normalized spacial score (nSPS) is 10.9. The van der Waals surface area contributed by atoms with Crippen molar-refractivity contribution in [2.24, 2.45) is 0 Å². The number of anilines is 1. The zero-order valence-electron chi connectivity index (χ0n) is 13.8. The van der Waals surface area contributed by atoms with Crippen LogP contribution in [0.5, 0.6) is 0 Å². The van der Waals surface area contributed by atoms with Gasteiger partial charge in [-0.3, -0.25) is 0 Å². The van der Waals surface area contributed by atoms with Crippen molar-refractivity contribution >= 4 is 29.1 Å². The summed E-state index contributed by atoms with van der Waals surface area (Å²) in [6.45, 7) is 0. The number of nitrogens with zero attached hydrogens (tertiary/aromatic N) is 4. The number of halogens is 2. The lowest BCUT2D eigenvalue weighted by Gasteiger charge is -2.13. The smallest absolute Gasteiger partial charge is 0.210 e. The van der Waals surface area contributed by atoms with Gasteiger partial charge in [0, 0.05) is 41.7 Å². The van der Waals surface area contributed by atoms with Crippen LogP contribution in [0.1, 0.15) is 5.56 Å². The number of rotatable bonds is 5. The standard InChI is InChI=1S/C17H17ClFN5S/c1-23(2)12-6-3-5-11(9-12)16-21-22-17(24(16)20)25-10-13-14(18)7-4-8-15(13)19/h3-9H,10,20H2,1-2H3. The van der Waals surface area contributed by atoms with Gasteiger partial charge in [0.05, 0.1) is 0 Å². The van der Waals surface area contributed by atoms with Crippen LogP contribution in [0.25, 0.3) is 11.4 Å². The van der Waals surface area contributed by atoms with Crippen molar-refractivity contribution in [2.75, 3.05) is 24.8 Å². The van der Waals surface area contributed by atoms with E-state index in [1.807, 2.05) is 43.3 Å². The molecule has 0 aliphatic carbocycles. The predicted molar refractivity (Wildman–Crippen MR) is 101 cm³/mol. The number of thioether (sulfide) groups is 1. The minimum Gasteiger partial charge on any atom is -0.378 e. The van der Waals surface area contributed by atoms with E-state index in [9.17, 15) is 4.39 Å². The molecule has 1 aromatic heterocycles. The molecular weight excluding hydrogens is 361 g/mol. The lowest BCUT2D eigenvalue weighted by atomic mass is 10.2. The Hall–Kier alpha value is -2.25. The summed E-state index contributed by atoms with van der Waals surface area (Å²) >= 11 is 7.34. The van der Waals surface area contributed by atoms with Gasteiger partial charge in [-0.05, 0) is 24.3 Å². The van der Waals surface area contributed by atoms with E-state index >= 15 is 0 Å². The number of hydrogen-bond acceptors (Lipinski definition) is 5. The van der Waals surface area contributed by atoms with Gasteiger partial charge in [0.25, 0.3) is 0 Å². The predicted octanol–water partition coefficient (Wildman–Crippen LogP) is 3.81. The Morgan fingerprint density at radius 3 is 2.68 bits per heavy atom. The maximum atomic E-state index is 13.9. The number of aromatic nitrogens is 3. The Morgan fingerprint density at radius 1 is 1.20 bits per heavy atom. The molecule has 2 aromatic carbocycles. The van der Waals surface area contributed by atoms with Gasteiger partial charge in [-0.2, -0.15) is 0 Å². The molecule has 130 valence electrons. The maximum absolute atomic E-state index is 13.9. The van der Waals surface area contributed by atoms with Crippen molar-refractivity contribution in [1.82, 2.24) is 14.9 Å². The second-order valence-corrected chi connectivity index (χ2v) is 6.96. The first-order valence-electron chi connectivity index (χ1n) is 7.51. The van der Waals surface area contributed by atoms with Crippen LogP contribution in [0.4, 0.5) is 10.1 Å². The Morgan fingerprint density at radius 2 is 1.96 bits per heavy atom. The van der Waals surface area contributed by atoms with Crippen LogP contribution in [0.2, 0.25) is 5.02 Å². The number of hydrogen-bond donors (Lipinski definition) is 1. The highest BCUT2D eigenvalue weighted by Crippen LogP contribution is 2.29. The summed E-state index contributed by atoms with van der Waals surface area (Å²) in [4.78, 5) is 2.00. The van der Waals surface area contributed by atoms with Gasteiger partial charge in [-0.1, -0.05) is 41.6 Å². The average Bonchev–Trinajstić information content (AvgIpc) is 2.95. The fourth-order valence-corrected chi connectivity index (χ4v) is 3.50. The molecule has 0 spiro atoms. The molecule has 0 atom stereocenters. The van der Waals surface area contributed by atoms with Crippen molar-refractivity contribution in [3.8, 4) is 11.4 Å². The van der Waals surface area contributed by atoms with Crippen molar-refractivity contribution < 1.29 is 4.39 Å². The molecule has 25 heavy (non-hydrogen) atoms. The topological polar surface area (TPSA) is 60.0 Å². The Labute approximate surface area is 154 Å². The van der Waals surface area contributed by atoms with E-state index in [0.29, 0.717) is 27.3 Å². The number of nitrogen functional groups attached to an aromatic ring is 1. The van der Waals surface area contributed by atoms with Gasteiger partial charge in [0.2, 0.25) is 5.16 Å². The molecule has 8 heteroatoms. The highest BCUT2D eigenvalue weighted by molar-refractivity contribution is 7.98. The molecule has 0 radical (unpaired) electrons. The molecule has 0 amide bonds. The van der Waals surface area contributed by atoms with Crippen molar-refractivity contribution in [2.45, 2.75) is 10.9 Å². The molecule has 0 saturated heterocycles. The molecule has 2 N–H and O–H groups in total. The molecule has 1 heterocycles. The first-order valence-corrected chi connectivity index (χ1v) is 8.87. The van der Waals surface area contributed by atoms with Gasteiger partial charge in [-0.15, -0.1) is 10.2 Å². The summed E-state index contributed by atoms with van der Waals surface area (Å²) in [5.74, 6) is 6.65. The highest BCUT2D eigenvalue weighted by Gasteiger charge is 2.15. The van der Waals surface area contributed by atoms with Crippen molar-refractivity contribution in [3.05, 3.63) is 58.9 Å². The van der Waals surface area contributed by atoms with E-state index < -0.39 is 0 Å². The molecule has 0 bridgehead atoms. The summed E-state index contributed by atoms with van der Waals surface area (Å²) in [5.41, 5.74) is 2.32. The summed E-state index contributed by atoms with van der Waals surface area (Å²) in [7, 11) is 3.93. The molecular formula is C17H17ClFN5S. The third-order valence-electron chi connectivity index (χ3n) is 3.69. The third-order valence-corrected chi connectivity index (χ3v) is 5.02. The van der Waals surface area contributed by atoms with Crippen molar-refractivity contribution in [3.63, 3.8) is 0 Å². The minimum absolute atomic E-state index is 0.318. The van der Waals surface area contributed by atoms with Crippen LogP contribution in [0.3, 0.4) is 0 Å². The third kappa shape index (κ3) is 3.72. The average molecular weight is 378 g/mol. The van der Waals surface area contributed by atoms with E-state index in [1.165, 1.54) is 22.5 Å². The SMILES string of the molecule is CN(C)c1cccc(-c2nnc(SCc3c(F)cccc3Cl)n2N)c1. The second-order valence-electron chi connectivity index (χ2n) is 5.61. The van der Waals surface area contributed by atoms with Gasteiger partial charge < -0.3 is 10.7 Å². The molecule has 0 saturated carbocycles. The first-order chi connectivity index (χ1) is 12.0. The van der Waals surface area contributed by atoms with Crippen LogP contribution in [0.15, 0.2) is 47.6 Å². The molecule has 0 unspecified atom stereocenters. The number of nitrogens with two attached hydrogens (primary N) is 1. The summed E-state index contributed by atoms with van der Waals surface area (Å²) in [6.07, 6.45) is 0. The van der Waals surface area contributed by atoms with Gasteiger partial charge in [-0.25, -0.2) is 9.07 Å². The molecule has 0 aliphatic heterocycles. The molecule has 0 aliphatic rings. The summed E-state index contributed by atoms with van der Waals surface area (Å²) in [5, 5.41) is 9.15. The van der Waals surface area contributed by atoms with Crippen LogP contribution in [-0.2, 0) is 5.75 Å². The van der Waals surface area contributed by atoms with Crippen molar-refractivity contribution in [1.29, 1.82) is 0 Å². The van der Waals surface area contributed by atoms with Gasteiger partial charge >= 0.3 is 0 Å². The highest BCUT2D eigenvalue weighted by atomic mass is 35.5. The van der Waals surface area contributed by atoms with E-state index in [4.69, 9.17) is 17.4 Å². The lowest BCUT2D eigenvalue weighted by molar-refractivity contribution is 0.617. The Kier molecular flexibility index (Phi) is 5.15. The Balaban J connectivity index is 1.83. The molecule has 0 fully saturated rings. The zero-order chi connectivity index (χ0) is 18.0. The summed E-state index contributed by atoms with van der Waals surface area (Å²) < 4.78 is 15.3. The van der Waals surface area contributed by atoms with E-state index in [2.05, 4.69) is 10.2 Å². The fraction of sp³-hybridized carbons (Fsp3) is 0.176. The van der Waals surface area contributed by atoms with Crippen LogP contribution >= 0.6 is 23.4 Å². The van der Waals surface area contributed by atoms with E-state index in [1.54, 1.807) is 12.1 Å². The van der Waals surface area contributed by atoms with E-state index in [-0.39, 0.29) is 5.82 Å². The maximum Gasteiger partial charge on any atom is 0.210 e. The van der Waals surface area contributed by atoms with Crippen LogP contribution < -0.4 is 10.7 Å². The molecule has 5 nitrogen and oxygen atoms in total. The quantitative estimate of drug-likeness (QED) is 0.541. The number of benzene rings is 2. The van der Waals surface area contributed by atoms with E-state index in [0.717, 1.165) is 11.3 Å². The minimum atomic E-state index is -0.345. The first kappa shape index (κ1) is 17.6. The molecule has 3 rings (SSSR count). The fourth-order valence-electron chi connectivity index (χ4n) is 2.30. The lowest BCUT2D eigenvalue weighted by Crippen LogP contribution is -2.12. The monoisotopic (exact) mass is 377 g/mol. The van der Waals surface area contributed by atoms with Gasteiger partial charge in [0.15, 0.2) is 5.82 Å². The van der Waals surface area contributed by atoms with Gasteiger partial charge in [0.1, 0.15) is 5.82 Å². The molecule has 3 aromatic rings. The zero-order valence-corrected chi connectivity index (χ0v) is 15.4. The second kappa shape index (κ2) is 7.33.